The van der Waals surface area contributed by atoms with Crippen molar-refractivity contribution in [1.82, 2.24) is 14.9 Å². The summed E-state index contributed by atoms with van der Waals surface area (Å²) < 4.78 is 1.81. The first-order valence-electron chi connectivity index (χ1n) is 10.2. The molecule has 0 fully saturated rings. The van der Waals surface area contributed by atoms with Crippen LogP contribution in [0.25, 0.3) is 17.1 Å². The lowest BCUT2D eigenvalue weighted by Crippen LogP contribution is -2.34. The molecule has 4 aromatic rings. The van der Waals surface area contributed by atoms with Crippen molar-refractivity contribution >= 4 is 29.1 Å². The van der Waals surface area contributed by atoms with E-state index in [9.17, 15) is 9.90 Å². The summed E-state index contributed by atoms with van der Waals surface area (Å²) in [4.78, 5) is 17.8. The SMILES string of the molecule is O=C(NC1c2ccccc2C[C@H]1O)c1cn(-c2ccc(Cl)cc2)c(-c2ccccc2Cl)n1. The third kappa shape index (κ3) is 3.79. The Hall–Kier alpha value is -3.12. The zero-order valence-corrected chi connectivity index (χ0v) is 18.4. The third-order valence-corrected chi connectivity index (χ3v) is 6.23. The van der Waals surface area contributed by atoms with Gasteiger partial charge in [-0.15, -0.1) is 0 Å². The molecule has 32 heavy (non-hydrogen) atoms. The Kier molecular flexibility index (Phi) is 5.47. The summed E-state index contributed by atoms with van der Waals surface area (Å²) in [6, 6.07) is 21.8. The number of halogens is 2. The number of rotatable bonds is 4. The molecule has 3 aromatic carbocycles. The summed E-state index contributed by atoms with van der Waals surface area (Å²) in [6.07, 6.45) is 1.49. The van der Waals surface area contributed by atoms with Gasteiger partial charge < -0.3 is 10.4 Å². The highest BCUT2D eigenvalue weighted by Crippen LogP contribution is 2.33. The molecule has 5 nitrogen and oxygen atoms in total. The maximum atomic E-state index is 13.2. The number of benzene rings is 3. The highest BCUT2D eigenvalue weighted by atomic mass is 35.5. The maximum Gasteiger partial charge on any atom is 0.272 e. The number of fused-ring (bicyclic) bond motifs is 1. The summed E-state index contributed by atoms with van der Waals surface area (Å²) in [5.74, 6) is 0.169. The summed E-state index contributed by atoms with van der Waals surface area (Å²) in [5.41, 5.74) is 3.69. The summed E-state index contributed by atoms with van der Waals surface area (Å²) in [6.45, 7) is 0. The van der Waals surface area contributed by atoms with Gasteiger partial charge in [0.1, 0.15) is 11.5 Å². The molecule has 7 heteroatoms. The number of aliphatic hydroxyl groups is 1. The lowest BCUT2D eigenvalue weighted by molar-refractivity contribution is 0.0854. The van der Waals surface area contributed by atoms with Crippen molar-refractivity contribution in [2.24, 2.45) is 0 Å². The molecule has 5 rings (SSSR count). The zero-order chi connectivity index (χ0) is 22.2. The number of nitrogens with one attached hydrogen (secondary N) is 1. The number of hydrogen-bond acceptors (Lipinski definition) is 3. The molecule has 1 aliphatic carbocycles. The van der Waals surface area contributed by atoms with Crippen LogP contribution in [0, 0.1) is 0 Å². The third-order valence-electron chi connectivity index (χ3n) is 5.65. The second-order valence-corrected chi connectivity index (χ2v) is 8.54. The number of carbonyl (C=O) groups excluding carboxylic acids is 1. The molecule has 1 unspecified atom stereocenters. The average Bonchev–Trinajstić information content (AvgIpc) is 3.36. The fourth-order valence-electron chi connectivity index (χ4n) is 4.08. The van der Waals surface area contributed by atoms with E-state index in [1.807, 2.05) is 59.2 Å². The minimum Gasteiger partial charge on any atom is -0.390 e. The molecule has 0 saturated carbocycles. The number of nitrogens with zero attached hydrogens (tertiary/aromatic N) is 2. The number of aromatic nitrogens is 2. The number of carbonyl (C=O) groups is 1. The van der Waals surface area contributed by atoms with Crippen molar-refractivity contribution in [3.8, 4) is 17.1 Å². The van der Waals surface area contributed by atoms with Gasteiger partial charge in [-0.05, 0) is 47.5 Å². The van der Waals surface area contributed by atoms with Crippen molar-refractivity contribution in [1.29, 1.82) is 0 Å². The Labute approximate surface area is 195 Å². The van der Waals surface area contributed by atoms with E-state index in [-0.39, 0.29) is 11.6 Å². The Balaban J connectivity index is 1.53. The Morgan fingerprint density at radius 3 is 2.50 bits per heavy atom. The van der Waals surface area contributed by atoms with E-state index in [1.54, 1.807) is 24.4 Å². The normalized spacial score (nSPS) is 17.2. The van der Waals surface area contributed by atoms with Crippen LogP contribution in [-0.2, 0) is 6.42 Å². The van der Waals surface area contributed by atoms with Crippen LogP contribution in [0.1, 0.15) is 27.7 Å². The van der Waals surface area contributed by atoms with Gasteiger partial charge in [-0.25, -0.2) is 4.98 Å². The van der Waals surface area contributed by atoms with Crippen LogP contribution in [0.4, 0.5) is 0 Å². The topological polar surface area (TPSA) is 67.2 Å². The quantitative estimate of drug-likeness (QED) is 0.435. The van der Waals surface area contributed by atoms with Crippen molar-refractivity contribution in [2.45, 2.75) is 18.6 Å². The van der Waals surface area contributed by atoms with E-state index in [2.05, 4.69) is 10.3 Å². The van der Waals surface area contributed by atoms with Gasteiger partial charge in [0.05, 0.1) is 17.2 Å². The molecular formula is C25H19Cl2N3O2. The second-order valence-electron chi connectivity index (χ2n) is 7.70. The number of imidazole rings is 1. The molecule has 1 heterocycles. The molecular weight excluding hydrogens is 445 g/mol. The number of amides is 1. The summed E-state index contributed by atoms with van der Waals surface area (Å²) >= 11 is 12.5. The van der Waals surface area contributed by atoms with E-state index in [0.717, 1.165) is 16.8 Å². The first kappa shape index (κ1) is 20.8. The van der Waals surface area contributed by atoms with E-state index >= 15 is 0 Å². The summed E-state index contributed by atoms with van der Waals surface area (Å²) in [5, 5.41) is 14.6. The number of aliphatic hydroxyl groups excluding tert-OH is 1. The minimum atomic E-state index is -0.683. The lowest BCUT2D eigenvalue weighted by Gasteiger charge is -2.17. The fraction of sp³-hybridized carbons (Fsp3) is 0.120. The van der Waals surface area contributed by atoms with Gasteiger partial charge in [0.15, 0.2) is 0 Å². The molecule has 1 aromatic heterocycles. The molecule has 0 radical (unpaired) electrons. The number of hydrogen-bond donors (Lipinski definition) is 2. The molecule has 1 aliphatic rings. The highest BCUT2D eigenvalue weighted by molar-refractivity contribution is 6.33. The van der Waals surface area contributed by atoms with E-state index in [0.29, 0.717) is 27.9 Å². The van der Waals surface area contributed by atoms with Crippen molar-refractivity contribution in [3.05, 3.63) is 106 Å². The van der Waals surface area contributed by atoms with E-state index in [4.69, 9.17) is 23.2 Å². The van der Waals surface area contributed by atoms with Gasteiger partial charge in [0.25, 0.3) is 5.91 Å². The van der Waals surface area contributed by atoms with Gasteiger partial charge in [0, 0.05) is 28.9 Å². The monoisotopic (exact) mass is 463 g/mol. The molecule has 0 spiro atoms. The lowest BCUT2D eigenvalue weighted by atomic mass is 10.1. The maximum absolute atomic E-state index is 13.2. The van der Waals surface area contributed by atoms with Crippen LogP contribution in [0.2, 0.25) is 10.0 Å². The smallest absolute Gasteiger partial charge is 0.272 e. The van der Waals surface area contributed by atoms with E-state index in [1.165, 1.54) is 0 Å². The first-order valence-corrected chi connectivity index (χ1v) is 10.9. The van der Waals surface area contributed by atoms with Crippen molar-refractivity contribution < 1.29 is 9.90 Å². The van der Waals surface area contributed by atoms with Gasteiger partial charge in [-0.3, -0.25) is 9.36 Å². The molecule has 1 amide bonds. The van der Waals surface area contributed by atoms with Crippen LogP contribution in [0.3, 0.4) is 0 Å². The second kappa shape index (κ2) is 8.43. The standard InChI is InChI=1S/C25H19Cl2N3O2/c26-16-9-11-17(12-10-16)30-14-21(28-24(30)19-7-3-4-8-20(19)27)25(32)29-23-18-6-2-1-5-15(18)13-22(23)31/h1-12,14,22-23,31H,13H2,(H,29,32)/t22-,23?/m1/s1. The Morgan fingerprint density at radius 2 is 1.72 bits per heavy atom. The summed E-state index contributed by atoms with van der Waals surface area (Å²) in [7, 11) is 0. The van der Waals surface area contributed by atoms with Gasteiger partial charge in [-0.1, -0.05) is 59.6 Å². The fourth-order valence-corrected chi connectivity index (χ4v) is 4.43. The average molecular weight is 464 g/mol. The van der Waals surface area contributed by atoms with Crippen molar-refractivity contribution in [3.63, 3.8) is 0 Å². The van der Waals surface area contributed by atoms with Gasteiger partial charge in [-0.2, -0.15) is 0 Å². The minimum absolute atomic E-state index is 0.228. The highest BCUT2D eigenvalue weighted by Gasteiger charge is 2.32. The molecule has 0 bridgehead atoms. The van der Waals surface area contributed by atoms with Crippen molar-refractivity contribution in [2.75, 3.05) is 0 Å². The largest absolute Gasteiger partial charge is 0.390 e. The predicted molar refractivity (Wildman–Crippen MR) is 125 cm³/mol. The van der Waals surface area contributed by atoms with Crippen LogP contribution in [-0.4, -0.2) is 26.7 Å². The molecule has 0 aliphatic heterocycles. The Bertz CT molecular complexity index is 1300. The van der Waals surface area contributed by atoms with E-state index < -0.39 is 12.1 Å². The predicted octanol–water partition coefficient (Wildman–Crippen LogP) is 5.23. The molecule has 2 N–H and O–H groups in total. The molecule has 2 atom stereocenters. The first-order chi connectivity index (χ1) is 15.5. The molecule has 0 saturated heterocycles. The molecule has 160 valence electrons. The van der Waals surface area contributed by atoms with Gasteiger partial charge >= 0.3 is 0 Å². The van der Waals surface area contributed by atoms with Crippen LogP contribution in [0.5, 0.6) is 0 Å². The van der Waals surface area contributed by atoms with Crippen LogP contribution < -0.4 is 5.32 Å². The van der Waals surface area contributed by atoms with Gasteiger partial charge in [0.2, 0.25) is 0 Å². The van der Waals surface area contributed by atoms with Crippen LogP contribution >= 0.6 is 23.2 Å². The van der Waals surface area contributed by atoms with Crippen LogP contribution in [0.15, 0.2) is 79.0 Å². The zero-order valence-electron chi connectivity index (χ0n) is 16.9. The Morgan fingerprint density at radius 1 is 1.00 bits per heavy atom.